The second-order valence-corrected chi connectivity index (χ2v) is 6.52. The summed E-state index contributed by atoms with van der Waals surface area (Å²) in [6.45, 7) is 5.79. The summed E-state index contributed by atoms with van der Waals surface area (Å²) in [6, 6.07) is 0.333. The van der Waals surface area contributed by atoms with Crippen molar-refractivity contribution in [3.8, 4) is 17.2 Å². The van der Waals surface area contributed by atoms with Crippen LogP contribution in [0.5, 0.6) is 17.2 Å². The van der Waals surface area contributed by atoms with Gasteiger partial charge < -0.3 is 14.2 Å². The lowest BCUT2D eigenvalue weighted by Crippen LogP contribution is -2.35. The van der Waals surface area contributed by atoms with Gasteiger partial charge in [0.2, 0.25) is 12.5 Å². The average molecular weight is 342 g/mol. The molecule has 20 heavy (non-hydrogen) atoms. The molecular formula is C15H20BrNO3. The van der Waals surface area contributed by atoms with Crippen LogP contribution in [0.15, 0.2) is 4.47 Å². The van der Waals surface area contributed by atoms with Gasteiger partial charge in [-0.1, -0.05) is 13.8 Å². The predicted molar refractivity (Wildman–Crippen MR) is 80.7 cm³/mol. The summed E-state index contributed by atoms with van der Waals surface area (Å²) in [6.07, 6.45) is 0.989. The molecule has 3 rings (SSSR count). The summed E-state index contributed by atoms with van der Waals surface area (Å²) in [5.74, 6) is 2.85. The van der Waals surface area contributed by atoms with Gasteiger partial charge >= 0.3 is 0 Å². The summed E-state index contributed by atoms with van der Waals surface area (Å²) >= 11 is 3.70. The summed E-state index contributed by atoms with van der Waals surface area (Å²) in [7, 11) is 3.88. The van der Waals surface area contributed by atoms with Gasteiger partial charge in [0.1, 0.15) is 0 Å². The summed E-state index contributed by atoms with van der Waals surface area (Å²) in [4.78, 5) is 2.39. The molecule has 4 nitrogen and oxygen atoms in total. The molecule has 1 unspecified atom stereocenters. The van der Waals surface area contributed by atoms with Crippen molar-refractivity contribution in [3.63, 3.8) is 0 Å². The first-order valence-electron chi connectivity index (χ1n) is 6.94. The Labute approximate surface area is 128 Å². The molecular weight excluding hydrogens is 322 g/mol. The number of ether oxygens (including phenoxy) is 3. The van der Waals surface area contributed by atoms with Crippen LogP contribution in [-0.4, -0.2) is 32.4 Å². The Hall–Kier alpha value is -0.940. The number of rotatable bonds is 2. The van der Waals surface area contributed by atoms with E-state index >= 15 is 0 Å². The fourth-order valence-electron chi connectivity index (χ4n) is 3.37. The average Bonchev–Trinajstić information content (AvgIpc) is 2.88. The number of likely N-dealkylation sites (N-methyl/N-ethyl adjacent to an activating group) is 1. The van der Waals surface area contributed by atoms with E-state index in [1.54, 1.807) is 7.11 Å². The van der Waals surface area contributed by atoms with E-state index in [0.717, 1.165) is 34.7 Å². The lowest BCUT2D eigenvalue weighted by Gasteiger charge is -2.38. The van der Waals surface area contributed by atoms with Gasteiger partial charge in [0.15, 0.2) is 11.5 Å². The number of halogens is 1. The van der Waals surface area contributed by atoms with Crippen molar-refractivity contribution < 1.29 is 14.2 Å². The Morgan fingerprint density at radius 3 is 2.65 bits per heavy atom. The zero-order chi connectivity index (χ0) is 14.4. The second-order valence-electron chi connectivity index (χ2n) is 5.72. The number of benzene rings is 1. The van der Waals surface area contributed by atoms with E-state index < -0.39 is 0 Å². The van der Waals surface area contributed by atoms with Gasteiger partial charge in [-0.2, -0.15) is 0 Å². The van der Waals surface area contributed by atoms with Gasteiger partial charge in [-0.05, 0) is 40.9 Å². The van der Waals surface area contributed by atoms with Crippen LogP contribution in [0.1, 0.15) is 31.0 Å². The molecule has 2 heterocycles. The quantitative estimate of drug-likeness (QED) is 0.825. The fraction of sp³-hybridized carbons (Fsp3) is 0.600. The molecule has 0 aliphatic carbocycles. The highest BCUT2D eigenvalue weighted by atomic mass is 79.9. The maximum atomic E-state index is 5.69. The van der Waals surface area contributed by atoms with Crippen LogP contribution < -0.4 is 14.2 Å². The van der Waals surface area contributed by atoms with Gasteiger partial charge in [0, 0.05) is 18.2 Å². The first kappa shape index (κ1) is 14.0. The highest BCUT2D eigenvalue weighted by Gasteiger charge is 2.37. The maximum absolute atomic E-state index is 5.69. The molecule has 0 spiro atoms. The topological polar surface area (TPSA) is 30.9 Å². The van der Waals surface area contributed by atoms with Crippen LogP contribution in [0.3, 0.4) is 0 Å². The number of hydrogen-bond acceptors (Lipinski definition) is 4. The Bertz CT molecular complexity index is 545. The van der Waals surface area contributed by atoms with Crippen molar-refractivity contribution in [2.45, 2.75) is 26.3 Å². The standard InChI is InChI=1S/C15H20BrNO3/c1-8(2)12-10-9(5-6-17(12)3)11(16)14-15(13(10)18-4)20-7-19-14/h8,12H,5-7H2,1-4H3. The molecule has 0 amide bonds. The van der Waals surface area contributed by atoms with E-state index in [4.69, 9.17) is 14.2 Å². The number of methoxy groups -OCH3 is 1. The summed E-state index contributed by atoms with van der Waals surface area (Å²) in [5.41, 5.74) is 2.54. The molecule has 0 aromatic heterocycles. The number of nitrogens with zero attached hydrogens (tertiary/aromatic N) is 1. The van der Waals surface area contributed by atoms with Crippen LogP contribution in [0.25, 0.3) is 0 Å². The number of fused-ring (bicyclic) bond motifs is 2. The molecule has 2 aliphatic rings. The Kier molecular flexibility index (Phi) is 3.58. The van der Waals surface area contributed by atoms with Gasteiger partial charge in [-0.25, -0.2) is 0 Å². The first-order chi connectivity index (χ1) is 9.56. The molecule has 0 fully saturated rings. The molecule has 1 aromatic carbocycles. The normalized spacial score (nSPS) is 21.2. The van der Waals surface area contributed by atoms with E-state index in [-0.39, 0.29) is 6.79 Å². The van der Waals surface area contributed by atoms with Gasteiger partial charge in [-0.3, -0.25) is 4.90 Å². The Balaban J connectivity index is 2.27. The minimum Gasteiger partial charge on any atom is -0.492 e. The monoisotopic (exact) mass is 341 g/mol. The third-order valence-electron chi connectivity index (χ3n) is 4.17. The lowest BCUT2D eigenvalue weighted by molar-refractivity contribution is 0.167. The van der Waals surface area contributed by atoms with Crippen molar-refractivity contribution >= 4 is 15.9 Å². The van der Waals surface area contributed by atoms with Crippen molar-refractivity contribution in [1.29, 1.82) is 0 Å². The zero-order valence-electron chi connectivity index (χ0n) is 12.3. The smallest absolute Gasteiger partial charge is 0.231 e. The zero-order valence-corrected chi connectivity index (χ0v) is 13.9. The molecule has 0 saturated carbocycles. The molecule has 5 heteroatoms. The van der Waals surface area contributed by atoms with Crippen LogP contribution in [0.4, 0.5) is 0 Å². The van der Waals surface area contributed by atoms with Crippen molar-refractivity contribution in [1.82, 2.24) is 4.90 Å². The van der Waals surface area contributed by atoms with Crippen molar-refractivity contribution in [2.24, 2.45) is 5.92 Å². The SMILES string of the molecule is COc1c2c(c(Br)c3c1C(C(C)C)N(C)CC3)OCO2. The van der Waals surface area contributed by atoms with Crippen LogP contribution in [-0.2, 0) is 6.42 Å². The largest absolute Gasteiger partial charge is 0.492 e. The highest BCUT2D eigenvalue weighted by molar-refractivity contribution is 9.10. The predicted octanol–water partition coefficient (Wildman–Crippen LogP) is 3.37. The minimum atomic E-state index is 0.259. The third kappa shape index (κ3) is 1.91. The van der Waals surface area contributed by atoms with Crippen LogP contribution in [0.2, 0.25) is 0 Å². The summed E-state index contributed by atoms with van der Waals surface area (Å²) < 4.78 is 17.9. The van der Waals surface area contributed by atoms with E-state index in [1.165, 1.54) is 11.1 Å². The van der Waals surface area contributed by atoms with Crippen molar-refractivity contribution in [2.75, 3.05) is 27.5 Å². The van der Waals surface area contributed by atoms with Crippen LogP contribution >= 0.6 is 15.9 Å². The Morgan fingerprint density at radius 1 is 1.30 bits per heavy atom. The molecule has 1 aromatic rings. The van der Waals surface area contributed by atoms with Crippen LogP contribution in [0, 0.1) is 5.92 Å². The Morgan fingerprint density at radius 2 is 2.00 bits per heavy atom. The molecule has 0 bridgehead atoms. The van der Waals surface area contributed by atoms with E-state index in [0.29, 0.717) is 12.0 Å². The first-order valence-corrected chi connectivity index (χ1v) is 7.73. The van der Waals surface area contributed by atoms with Gasteiger partial charge in [0.25, 0.3) is 0 Å². The molecule has 0 radical (unpaired) electrons. The van der Waals surface area contributed by atoms with E-state index in [2.05, 4.69) is 41.7 Å². The van der Waals surface area contributed by atoms with E-state index in [9.17, 15) is 0 Å². The molecule has 2 aliphatic heterocycles. The fourth-order valence-corrected chi connectivity index (χ4v) is 4.08. The molecule has 110 valence electrons. The van der Waals surface area contributed by atoms with Crippen molar-refractivity contribution in [3.05, 3.63) is 15.6 Å². The molecule has 1 atom stereocenters. The molecule has 0 saturated heterocycles. The minimum absolute atomic E-state index is 0.259. The summed E-state index contributed by atoms with van der Waals surface area (Å²) in [5, 5.41) is 0. The van der Waals surface area contributed by atoms with Gasteiger partial charge in [0.05, 0.1) is 11.6 Å². The molecule has 0 N–H and O–H groups in total. The third-order valence-corrected chi connectivity index (χ3v) is 5.01. The number of hydrogen-bond donors (Lipinski definition) is 0. The highest BCUT2D eigenvalue weighted by Crippen LogP contribution is 2.54. The lowest BCUT2D eigenvalue weighted by atomic mass is 9.85. The second kappa shape index (κ2) is 5.11. The van der Waals surface area contributed by atoms with E-state index in [1.807, 2.05) is 0 Å². The van der Waals surface area contributed by atoms with Gasteiger partial charge in [-0.15, -0.1) is 0 Å². The maximum Gasteiger partial charge on any atom is 0.231 e.